The second kappa shape index (κ2) is 7.17. The van der Waals surface area contributed by atoms with E-state index in [4.69, 9.17) is 0 Å². The first-order valence-electron chi connectivity index (χ1n) is 6.55. The molecule has 2 nitrogen and oxygen atoms in total. The van der Waals surface area contributed by atoms with E-state index in [1.165, 1.54) is 10.5 Å². The van der Waals surface area contributed by atoms with Gasteiger partial charge in [-0.05, 0) is 44.5 Å². The van der Waals surface area contributed by atoms with Crippen LogP contribution in [-0.2, 0) is 6.42 Å². The first kappa shape index (κ1) is 15.5. The van der Waals surface area contributed by atoms with Crippen LogP contribution in [0.3, 0.4) is 0 Å². The highest BCUT2D eigenvalue weighted by Gasteiger charge is 2.10. The van der Waals surface area contributed by atoms with Crippen molar-refractivity contribution >= 4 is 11.8 Å². The van der Waals surface area contributed by atoms with Gasteiger partial charge >= 0.3 is 0 Å². The number of hydrogen-bond acceptors (Lipinski definition) is 3. The van der Waals surface area contributed by atoms with Crippen molar-refractivity contribution in [3.63, 3.8) is 0 Å². The summed E-state index contributed by atoms with van der Waals surface area (Å²) in [6.45, 7) is 9.59. The molecule has 0 amide bonds. The minimum Gasteiger partial charge on any atom is -0.389 e. The topological polar surface area (TPSA) is 32.3 Å². The summed E-state index contributed by atoms with van der Waals surface area (Å²) < 4.78 is 0. The van der Waals surface area contributed by atoms with Crippen molar-refractivity contribution in [2.24, 2.45) is 0 Å². The first-order valence-corrected chi connectivity index (χ1v) is 7.43. The molecule has 1 aromatic carbocycles. The Labute approximate surface area is 115 Å². The molecule has 0 spiro atoms. The fourth-order valence-corrected chi connectivity index (χ4v) is 2.47. The van der Waals surface area contributed by atoms with Crippen LogP contribution in [0.25, 0.3) is 0 Å². The van der Waals surface area contributed by atoms with Crippen molar-refractivity contribution in [1.82, 2.24) is 5.32 Å². The van der Waals surface area contributed by atoms with Gasteiger partial charge < -0.3 is 10.4 Å². The van der Waals surface area contributed by atoms with Gasteiger partial charge in [0.1, 0.15) is 0 Å². The lowest BCUT2D eigenvalue weighted by atomic mass is 10.1. The predicted molar refractivity (Wildman–Crippen MR) is 80.3 cm³/mol. The van der Waals surface area contributed by atoms with E-state index in [2.05, 4.69) is 43.4 Å². The molecule has 0 unspecified atom stereocenters. The molecule has 1 aromatic rings. The Morgan fingerprint density at radius 1 is 1.22 bits per heavy atom. The average molecular weight is 267 g/mol. The third-order valence-electron chi connectivity index (χ3n) is 2.44. The van der Waals surface area contributed by atoms with Gasteiger partial charge in [0, 0.05) is 16.7 Å². The summed E-state index contributed by atoms with van der Waals surface area (Å²) in [7, 11) is 0. The summed E-state index contributed by atoms with van der Waals surface area (Å²) in [5.74, 6) is 0. The minimum atomic E-state index is -0.627. The van der Waals surface area contributed by atoms with Crippen LogP contribution in [0.4, 0.5) is 0 Å². The van der Waals surface area contributed by atoms with Crippen molar-refractivity contribution in [2.75, 3.05) is 13.1 Å². The zero-order chi connectivity index (χ0) is 13.6. The van der Waals surface area contributed by atoms with Crippen molar-refractivity contribution in [3.8, 4) is 0 Å². The van der Waals surface area contributed by atoms with E-state index in [0.29, 0.717) is 11.8 Å². The molecule has 0 radical (unpaired) electrons. The lowest BCUT2D eigenvalue weighted by Gasteiger charge is -2.17. The largest absolute Gasteiger partial charge is 0.389 e. The molecule has 102 valence electrons. The maximum atomic E-state index is 9.57. The predicted octanol–water partition coefficient (Wildman–Crippen LogP) is 3.09. The smallest absolute Gasteiger partial charge is 0.0715 e. The number of thioether (sulfide) groups is 1. The molecule has 1 rings (SSSR count). The molecule has 0 aliphatic heterocycles. The van der Waals surface area contributed by atoms with E-state index in [1.807, 2.05) is 25.6 Å². The maximum Gasteiger partial charge on any atom is 0.0715 e. The Morgan fingerprint density at radius 2 is 1.83 bits per heavy atom. The molecular weight excluding hydrogens is 242 g/mol. The highest BCUT2D eigenvalue weighted by molar-refractivity contribution is 7.99. The van der Waals surface area contributed by atoms with Crippen molar-refractivity contribution < 1.29 is 5.11 Å². The number of nitrogens with one attached hydrogen (secondary N) is 1. The van der Waals surface area contributed by atoms with E-state index in [1.54, 1.807) is 0 Å². The van der Waals surface area contributed by atoms with E-state index in [-0.39, 0.29) is 0 Å². The van der Waals surface area contributed by atoms with Crippen LogP contribution in [0.1, 0.15) is 33.3 Å². The summed E-state index contributed by atoms with van der Waals surface area (Å²) >= 11 is 1.89. The number of rotatable bonds is 7. The van der Waals surface area contributed by atoms with Crippen molar-refractivity contribution in [3.05, 3.63) is 29.8 Å². The van der Waals surface area contributed by atoms with Gasteiger partial charge in [0.15, 0.2) is 0 Å². The van der Waals surface area contributed by atoms with Gasteiger partial charge in [-0.3, -0.25) is 0 Å². The van der Waals surface area contributed by atoms with E-state index in [9.17, 15) is 5.11 Å². The molecule has 0 saturated carbocycles. The van der Waals surface area contributed by atoms with Gasteiger partial charge in [0.25, 0.3) is 0 Å². The third-order valence-corrected chi connectivity index (χ3v) is 3.46. The second-order valence-electron chi connectivity index (χ2n) is 5.55. The fraction of sp³-hybridized carbons (Fsp3) is 0.600. The summed E-state index contributed by atoms with van der Waals surface area (Å²) in [5, 5.41) is 13.5. The lowest BCUT2D eigenvalue weighted by Crippen LogP contribution is -2.35. The molecule has 18 heavy (non-hydrogen) atoms. The average Bonchev–Trinajstić information content (AvgIpc) is 2.24. The highest BCUT2D eigenvalue weighted by Crippen LogP contribution is 2.22. The van der Waals surface area contributed by atoms with E-state index >= 15 is 0 Å². The van der Waals surface area contributed by atoms with Crippen LogP contribution in [0, 0.1) is 0 Å². The molecule has 0 bridgehead atoms. The van der Waals surface area contributed by atoms with Crippen LogP contribution in [0.5, 0.6) is 0 Å². The van der Waals surface area contributed by atoms with Crippen LogP contribution in [0.15, 0.2) is 29.2 Å². The molecule has 0 saturated heterocycles. The standard InChI is InChI=1S/C15H25NOS/c1-12(2)18-14-7-5-13(6-8-14)9-10-16-11-15(3,4)17/h5-8,12,16-17H,9-11H2,1-4H3. The van der Waals surface area contributed by atoms with Crippen molar-refractivity contribution in [2.45, 2.75) is 49.9 Å². The lowest BCUT2D eigenvalue weighted by molar-refractivity contribution is 0.0801. The second-order valence-corrected chi connectivity index (χ2v) is 7.20. The molecule has 0 aliphatic carbocycles. The molecule has 0 aliphatic rings. The Balaban J connectivity index is 2.31. The first-order chi connectivity index (χ1) is 8.37. The Kier molecular flexibility index (Phi) is 6.19. The Bertz CT molecular complexity index is 341. The van der Waals surface area contributed by atoms with Gasteiger partial charge in [0.2, 0.25) is 0 Å². The number of hydrogen-bond donors (Lipinski definition) is 2. The molecule has 0 aromatic heterocycles. The summed E-state index contributed by atoms with van der Waals surface area (Å²) in [6, 6.07) is 8.76. The number of aliphatic hydroxyl groups is 1. The maximum absolute atomic E-state index is 9.57. The fourth-order valence-electron chi connectivity index (χ4n) is 1.63. The van der Waals surface area contributed by atoms with Crippen molar-refractivity contribution in [1.29, 1.82) is 0 Å². The molecule has 0 fully saturated rings. The van der Waals surface area contributed by atoms with Gasteiger partial charge in [-0.1, -0.05) is 26.0 Å². The van der Waals surface area contributed by atoms with Gasteiger partial charge in [-0.25, -0.2) is 0 Å². The summed E-state index contributed by atoms with van der Waals surface area (Å²) in [6.07, 6.45) is 1.00. The van der Waals surface area contributed by atoms with Crippen LogP contribution in [-0.4, -0.2) is 29.0 Å². The van der Waals surface area contributed by atoms with Crippen LogP contribution >= 0.6 is 11.8 Å². The molecule has 0 atom stereocenters. The van der Waals surface area contributed by atoms with Gasteiger partial charge in [0.05, 0.1) is 5.60 Å². The highest BCUT2D eigenvalue weighted by atomic mass is 32.2. The summed E-state index contributed by atoms with van der Waals surface area (Å²) in [4.78, 5) is 1.33. The minimum absolute atomic E-state index is 0.627. The molecule has 0 heterocycles. The zero-order valence-electron chi connectivity index (χ0n) is 11.9. The zero-order valence-corrected chi connectivity index (χ0v) is 12.7. The molecule has 3 heteroatoms. The Hall–Kier alpha value is -0.510. The quantitative estimate of drug-likeness (QED) is 0.588. The van der Waals surface area contributed by atoms with E-state index < -0.39 is 5.60 Å². The monoisotopic (exact) mass is 267 g/mol. The van der Waals surface area contributed by atoms with E-state index in [0.717, 1.165) is 13.0 Å². The third kappa shape index (κ3) is 7.04. The number of benzene rings is 1. The summed E-state index contributed by atoms with van der Waals surface area (Å²) in [5.41, 5.74) is 0.712. The molecular formula is C15H25NOS. The normalized spacial score (nSPS) is 12.1. The SMILES string of the molecule is CC(C)Sc1ccc(CCNCC(C)(C)O)cc1. The van der Waals surface area contributed by atoms with Crippen LogP contribution < -0.4 is 5.32 Å². The molecule has 2 N–H and O–H groups in total. The van der Waals surface area contributed by atoms with Gasteiger partial charge in [-0.2, -0.15) is 0 Å². The van der Waals surface area contributed by atoms with Crippen LogP contribution in [0.2, 0.25) is 0 Å². The Morgan fingerprint density at radius 3 is 2.33 bits per heavy atom. The van der Waals surface area contributed by atoms with Gasteiger partial charge in [-0.15, -0.1) is 11.8 Å².